The summed E-state index contributed by atoms with van der Waals surface area (Å²) in [6.07, 6.45) is 0. The van der Waals surface area contributed by atoms with Crippen LogP contribution in [0.15, 0.2) is 17.0 Å². The molecule has 1 aromatic carbocycles. The maximum atomic E-state index is 10.3. The van der Waals surface area contributed by atoms with Gasteiger partial charge in [0, 0.05) is 17.0 Å². The number of hydrogen-bond acceptors (Lipinski definition) is 6. The molecule has 0 saturated carbocycles. The number of nitro groups is 2. The molecule has 14 heavy (non-hydrogen) atoms. The molecule has 0 spiro atoms. The van der Waals surface area contributed by atoms with Crippen LogP contribution in [0, 0.1) is 20.2 Å². The lowest BCUT2D eigenvalue weighted by Gasteiger charge is -1.98. The number of phenols is 1. The van der Waals surface area contributed by atoms with Crippen molar-refractivity contribution in [3.05, 3.63) is 32.4 Å². The van der Waals surface area contributed by atoms with E-state index in [1.165, 1.54) is 0 Å². The van der Waals surface area contributed by atoms with Crippen molar-refractivity contribution in [2.75, 3.05) is 0 Å². The van der Waals surface area contributed by atoms with Crippen LogP contribution < -0.4 is 0 Å². The first-order valence-electron chi connectivity index (χ1n) is 3.28. The second-order valence-corrected chi connectivity index (χ2v) is 2.86. The van der Waals surface area contributed by atoms with E-state index in [0.29, 0.717) is 0 Å². The average Bonchev–Trinajstić information content (AvgIpc) is 2.07. The maximum Gasteiger partial charge on any atom is 0.319 e. The van der Waals surface area contributed by atoms with Gasteiger partial charge in [-0.3, -0.25) is 20.2 Å². The van der Waals surface area contributed by atoms with Gasteiger partial charge in [0.25, 0.3) is 5.75 Å². The van der Waals surface area contributed by atoms with Crippen LogP contribution in [-0.2, 0) is 0 Å². The zero-order valence-electron chi connectivity index (χ0n) is 6.58. The van der Waals surface area contributed by atoms with E-state index < -0.39 is 27.0 Å². The molecule has 0 aliphatic rings. The maximum absolute atomic E-state index is 10.3. The van der Waals surface area contributed by atoms with Crippen LogP contribution in [0.1, 0.15) is 0 Å². The van der Waals surface area contributed by atoms with Gasteiger partial charge in [-0.15, -0.1) is 12.6 Å². The minimum Gasteiger partial charge on any atom is -0.497 e. The van der Waals surface area contributed by atoms with Crippen LogP contribution in [0.5, 0.6) is 5.75 Å². The van der Waals surface area contributed by atoms with Gasteiger partial charge in [-0.1, -0.05) is 0 Å². The van der Waals surface area contributed by atoms with Crippen LogP contribution in [0.3, 0.4) is 0 Å². The minimum atomic E-state index is -0.960. The van der Waals surface area contributed by atoms with E-state index in [-0.39, 0.29) is 4.90 Å². The van der Waals surface area contributed by atoms with Gasteiger partial charge >= 0.3 is 11.4 Å². The molecule has 0 bridgehead atoms. The lowest BCUT2D eigenvalue weighted by Crippen LogP contribution is -1.94. The summed E-state index contributed by atoms with van der Waals surface area (Å²) in [5.74, 6) is -0.960. The number of hydrogen-bond donors (Lipinski definition) is 2. The predicted octanol–water partition coefficient (Wildman–Crippen LogP) is 1.50. The molecule has 74 valence electrons. The fourth-order valence-corrected chi connectivity index (χ4v) is 1.11. The number of phenolic OH excluding ortho intramolecular Hbond substituents is 1. The van der Waals surface area contributed by atoms with Crippen LogP contribution in [-0.4, -0.2) is 15.0 Å². The topological polar surface area (TPSA) is 107 Å². The summed E-state index contributed by atoms with van der Waals surface area (Å²) in [7, 11) is 0. The van der Waals surface area contributed by atoms with Crippen LogP contribution in [0.2, 0.25) is 0 Å². The lowest BCUT2D eigenvalue weighted by atomic mass is 10.2. The van der Waals surface area contributed by atoms with Crippen molar-refractivity contribution in [3.63, 3.8) is 0 Å². The van der Waals surface area contributed by atoms with Crippen molar-refractivity contribution in [2.45, 2.75) is 4.90 Å². The van der Waals surface area contributed by atoms with Gasteiger partial charge in [0.2, 0.25) is 0 Å². The molecule has 0 unspecified atom stereocenters. The van der Waals surface area contributed by atoms with Crippen molar-refractivity contribution >= 4 is 24.0 Å². The van der Waals surface area contributed by atoms with Gasteiger partial charge in [-0.05, 0) is 0 Å². The first-order chi connectivity index (χ1) is 6.43. The third-order valence-electron chi connectivity index (χ3n) is 1.45. The highest BCUT2D eigenvalue weighted by Gasteiger charge is 2.25. The molecule has 0 radical (unpaired) electrons. The van der Waals surface area contributed by atoms with E-state index in [9.17, 15) is 20.2 Å². The van der Waals surface area contributed by atoms with Crippen molar-refractivity contribution in [1.29, 1.82) is 0 Å². The Kier molecular flexibility index (Phi) is 2.56. The van der Waals surface area contributed by atoms with E-state index in [1.807, 2.05) is 0 Å². The molecular weight excluding hydrogens is 212 g/mol. The summed E-state index contributed by atoms with van der Waals surface area (Å²) < 4.78 is 0. The third kappa shape index (κ3) is 1.74. The lowest BCUT2D eigenvalue weighted by molar-refractivity contribution is -0.396. The Labute approximate surface area is 82.7 Å². The van der Waals surface area contributed by atoms with Crippen molar-refractivity contribution in [1.82, 2.24) is 0 Å². The van der Waals surface area contributed by atoms with Gasteiger partial charge in [0.05, 0.1) is 9.85 Å². The zero-order chi connectivity index (χ0) is 10.9. The highest BCUT2D eigenvalue weighted by atomic mass is 32.1. The van der Waals surface area contributed by atoms with Crippen molar-refractivity contribution < 1.29 is 15.0 Å². The zero-order valence-corrected chi connectivity index (χ0v) is 7.47. The van der Waals surface area contributed by atoms with Crippen LogP contribution in [0.25, 0.3) is 0 Å². The van der Waals surface area contributed by atoms with Crippen LogP contribution in [0.4, 0.5) is 11.4 Å². The molecule has 8 heteroatoms. The summed E-state index contributed by atoms with van der Waals surface area (Å²) in [5.41, 5.74) is -1.46. The summed E-state index contributed by atoms with van der Waals surface area (Å²) >= 11 is 3.74. The fraction of sp³-hybridized carbons (Fsp3) is 0. The number of thiol groups is 1. The van der Waals surface area contributed by atoms with E-state index in [0.717, 1.165) is 12.1 Å². The van der Waals surface area contributed by atoms with Gasteiger partial charge in [-0.25, -0.2) is 0 Å². The molecule has 1 N–H and O–H groups in total. The largest absolute Gasteiger partial charge is 0.497 e. The molecule has 0 amide bonds. The molecule has 7 nitrogen and oxygen atoms in total. The van der Waals surface area contributed by atoms with Crippen LogP contribution >= 0.6 is 12.6 Å². The summed E-state index contributed by atoms with van der Waals surface area (Å²) in [6, 6.07) is 1.87. The molecule has 0 heterocycles. The fourth-order valence-electron chi connectivity index (χ4n) is 0.868. The monoisotopic (exact) mass is 216 g/mol. The molecule has 0 fully saturated rings. The molecule has 1 aromatic rings. The van der Waals surface area contributed by atoms with Gasteiger partial charge in [-0.2, -0.15) is 0 Å². The Balaban J connectivity index is 3.47. The van der Waals surface area contributed by atoms with Crippen molar-refractivity contribution in [2.24, 2.45) is 0 Å². The standard InChI is InChI=1S/C6H4N2O5S/c9-6-4(7(10)11)1-3(14)2-5(6)8(12)13/h1-2,9,14H. The summed E-state index contributed by atoms with van der Waals surface area (Å²) in [5, 5.41) is 29.8. The molecular formula is C6H4N2O5S. The number of rotatable bonds is 2. The number of nitro benzene ring substituents is 2. The SMILES string of the molecule is O=[N+]([O-])c1cc(S)cc([N+](=O)[O-])c1O. The average molecular weight is 216 g/mol. The second-order valence-electron chi connectivity index (χ2n) is 2.35. The Morgan fingerprint density at radius 2 is 1.50 bits per heavy atom. The second kappa shape index (κ2) is 3.50. The molecule has 0 aromatic heterocycles. The van der Waals surface area contributed by atoms with Gasteiger partial charge in [0.15, 0.2) is 0 Å². The molecule has 0 atom stereocenters. The highest BCUT2D eigenvalue weighted by molar-refractivity contribution is 7.80. The Morgan fingerprint density at radius 3 is 1.79 bits per heavy atom. The first-order valence-corrected chi connectivity index (χ1v) is 3.73. The third-order valence-corrected chi connectivity index (χ3v) is 1.71. The normalized spacial score (nSPS) is 9.79. The molecule has 0 aliphatic heterocycles. The number of nitrogens with zero attached hydrogens (tertiary/aromatic N) is 2. The summed E-state index contributed by atoms with van der Waals surface area (Å²) in [6.45, 7) is 0. The van der Waals surface area contributed by atoms with Crippen molar-refractivity contribution in [3.8, 4) is 5.75 Å². The minimum absolute atomic E-state index is 0.0428. The van der Waals surface area contributed by atoms with E-state index >= 15 is 0 Å². The summed E-state index contributed by atoms with van der Waals surface area (Å²) in [4.78, 5) is 18.9. The molecule has 0 aliphatic carbocycles. The molecule has 0 saturated heterocycles. The van der Waals surface area contributed by atoms with Gasteiger partial charge < -0.3 is 5.11 Å². The predicted molar refractivity (Wildman–Crippen MR) is 48.7 cm³/mol. The first kappa shape index (κ1) is 10.3. The quantitative estimate of drug-likeness (QED) is 0.442. The van der Waals surface area contributed by atoms with Gasteiger partial charge in [0.1, 0.15) is 0 Å². The Morgan fingerprint density at radius 1 is 1.14 bits per heavy atom. The van der Waals surface area contributed by atoms with E-state index in [4.69, 9.17) is 5.11 Å². The molecule has 1 rings (SSSR count). The van der Waals surface area contributed by atoms with E-state index in [2.05, 4.69) is 12.6 Å². The smallest absolute Gasteiger partial charge is 0.319 e. The number of aromatic hydroxyl groups is 1. The number of benzene rings is 1. The van der Waals surface area contributed by atoms with E-state index in [1.54, 1.807) is 0 Å². The highest BCUT2D eigenvalue weighted by Crippen LogP contribution is 2.37. The Bertz CT molecular complexity index is 384. The Hall–Kier alpha value is -1.83.